The molecule has 0 bridgehead atoms. The van der Waals surface area contributed by atoms with Gasteiger partial charge < -0.3 is 21.7 Å². The highest BCUT2D eigenvalue weighted by molar-refractivity contribution is 6.33. The third-order valence-corrected chi connectivity index (χ3v) is 9.30. The number of Topliss-reactive ketones (excluding diaryl/α,β-unsaturated/α-hetero) is 4. The summed E-state index contributed by atoms with van der Waals surface area (Å²) in [4.78, 5) is 69.1. The van der Waals surface area contributed by atoms with Crippen molar-refractivity contribution in [3.05, 3.63) is 58.7 Å². The van der Waals surface area contributed by atoms with Crippen LogP contribution in [0.4, 0.5) is 5.69 Å². The molecule has 0 radical (unpaired) electrons. The Labute approximate surface area is 237 Å². The first-order valence-corrected chi connectivity index (χ1v) is 13.3. The number of phenolic OH excluding ortho intramolecular Hbond substituents is 1. The van der Waals surface area contributed by atoms with Crippen LogP contribution in [0.15, 0.2) is 36.4 Å². The highest BCUT2D eigenvalue weighted by atomic mass is 16.3. The van der Waals surface area contributed by atoms with E-state index in [0.717, 1.165) is 5.56 Å². The normalized spacial score (nSPS) is 33.1. The van der Waals surface area contributed by atoms with Crippen LogP contribution in [-0.4, -0.2) is 69.9 Å². The number of hydrogen-bond acceptors (Lipinski definition) is 9. The van der Waals surface area contributed by atoms with Crippen LogP contribution in [0.25, 0.3) is 12.2 Å². The maximum absolute atomic E-state index is 14.3. The molecule has 5 rings (SSSR count). The lowest BCUT2D eigenvalue weighted by atomic mass is 9.42. The molecule has 214 valence electrons. The summed E-state index contributed by atoms with van der Waals surface area (Å²) in [6.07, 6.45) is 3.72. The van der Waals surface area contributed by atoms with Gasteiger partial charge in [0.1, 0.15) is 5.75 Å². The van der Waals surface area contributed by atoms with Crippen LogP contribution in [0.5, 0.6) is 5.75 Å². The maximum Gasteiger partial charge on any atom is 0.235 e. The quantitative estimate of drug-likeness (QED) is 0.244. The number of ketones is 4. The first-order valence-electron chi connectivity index (χ1n) is 13.3. The van der Waals surface area contributed by atoms with E-state index in [4.69, 9.17) is 11.5 Å². The van der Waals surface area contributed by atoms with Crippen molar-refractivity contribution in [1.82, 2.24) is 4.90 Å². The molecule has 10 heteroatoms. The Morgan fingerprint density at radius 3 is 2.22 bits per heavy atom. The van der Waals surface area contributed by atoms with Crippen LogP contribution in [0.2, 0.25) is 0 Å². The number of carbonyl (C=O) groups excluding carboxylic acids is 5. The van der Waals surface area contributed by atoms with Crippen molar-refractivity contribution >= 4 is 46.9 Å². The number of amides is 1. The molecule has 41 heavy (non-hydrogen) atoms. The summed E-state index contributed by atoms with van der Waals surface area (Å²) < 4.78 is 0. The minimum absolute atomic E-state index is 0.0533. The number of hydrogen-bond donors (Lipinski definition) is 4. The average molecular weight is 560 g/mol. The lowest BCUT2D eigenvalue weighted by Crippen LogP contribution is -2.79. The Kier molecular flexibility index (Phi) is 6.36. The minimum atomic E-state index is -2.82. The Morgan fingerprint density at radius 1 is 1.00 bits per heavy atom. The number of nitrogens with two attached hydrogens (primary N) is 2. The van der Waals surface area contributed by atoms with Gasteiger partial charge in [0, 0.05) is 11.1 Å². The molecule has 0 aromatic heterocycles. The summed E-state index contributed by atoms with van der Waals surface area (Å²) in [7, 11) is 3.11. The van der Waals surface area contributed by atoms with Crippen LogP contribution in [0.1, 0.15) is 47.3 Å². The first-order chi connectivity index (χ1) is 19.1. The Morgan fingerprint density at radius 2 is 1.63 bits per heavy atom. The number of benzene rings is 2. The molecule has 2 saturated carbocycles. The number of aliphatic hydroxyl groups is 1. The molecule has 3 aliphatic carbocycles. The fraction of sp³-hybridized carbons (Fsp3) is 0.387. The van der Waals surface area contributed by atoms with Crippen LogP contribution >= 0.6 is 0 Å². The zero-order valence-electron chi connectivity index (χ0n) is 23.3. The average Bonchev–Trinajstić information content (AvgIpc) is 2.86. The van der Waals surface area contributed by atoms with Crippen molar-refractivity contribution in [3.63, 3.8) is 0 Å². The SMILES string of the molecule is CN(C)[C@@H]1C(=O)C(C(N)=O)C(=O)[C@@]2(O)C(=O)C3C(=O)c4c(O)ccc(/C=C/c5ccc(N)cc5)c4C[C@@]3(C)C[C@@]12C. The molecule has 0 spiro atoms. The maximum atomic E-state index is 14.3. The molecule has 0 saturated heterocycles. The van der Waals surface area contributed by atoms with Gasteiger partial charge in [-0.1, -0.05) is 44.2 Å². The van der Waals surface area contributed by atoms with E-state index in [2.05, 4.69) is 0 Å². The fourth-order valence-corrected chi connectivity index (χ4v) is 7.69. The lowest BCUT2D eigenvalue weighted by molar-refractivity contribution is -0.203. The molecule has 6 N–H and O–H groups in total. The molecular weight excluding hydrogens is 526 g/mol. The van der Waals surface area contributed by atoms with E-state index in [1.54, 1.807) is 45.3 Å². The number of anilines is 1. The molecule has 10 nitrogen and oxygen atoms in total. The topological polar surface area (TPSA) is 181 Å². The number of likely N-dealkylation sites (N-methyl/N-ethyl adjacent to an activating group) is 1. The number of nitrogens with zero attached hydrogens (tertiary/aromatic N) is 1. The smallest absolute Gasteiger partial charge is 0.235 e. The van der Waals surface area contributed by atoms with Crippen LogP contribution < -0.4 is 11.5 Å². The zero-order valence-corrected chi connectivity index (χ0v) is 23.3. The zero-order chi connectivity index (χ0) is 30.2. The number of fused-ring (bicyclic) bond motifs is 3. The molecule has 1 amide bonds. The molecule has 2 unspecified atom stereocenters. The van der Waals surface area contributed by atoms with Crippen molar-refractivity contribution < 1.29 is 34.2 Å². The van der Waals surface area contributed by atoms with E-state index in [1.807, 2.05) is 18.2 Å². The first kappa shape index (κ1) is 28.4. The van der Waals surface area contributed by atoms with E-state index in [-0.39, 0.29) is 24.2 Å². The van der Waals surface area contributed by atoms with Gasteiger partial charge in [-0.05, 0) is 67.2 Å². The Hall–Kier alpha value is -4.15. The lowest BCUT2D eigenvalue weighted by Gasteiger charge is -2.61. The van der Waals surface area contributed by atoms with Gasteiger partial charge >= 0.3 is 0 Å². The number of carbonyl (C=O) groups is 5. The number of rotatable bonds is 4. The highest BCUT2D eigenvalue weighted by Crippen LogP contribution is 2.61. The Balaban J connectivity index is 1.67. The summed E-state index contributed by atoms with van der Waals surface area (Å²) >= 11 is 0. The molecule has 2 aromatic rings. The predicted molar refractivity (Wildman–Crippen MR) is 150 cm³/mol. The summed E-state index contributed by atoms with van der Waals surface area (Å²) in [5, 5.41) is 22.8. The molecule has 2 aromatic carbocycles. The van der Waals surface area contributed by atoms with Crippen molar-refractivity contribution in [2.24, 2.45) is 28.4 Å². The van der Waals surface area contributed by atoms with Crippen molar-refractivity contribution in [3.8, 4) is 5.75 Å². The second-order valence-electron chi connectivity index (χ2n) is 12.3. The summed E-state index contributed by atoms with van der Waals surface area (Å²) in [6.45, 7) is 3.20. The number of phenols is 1. The van der Waals surface area contributed by atoms with Crippen molar-refractivity contribution in [2.75, 3.05) is 19.8 Å². The van der Waals surface area contributed by atoms with Gasteiger partial charge in [-0.15, -0.1) is 0 Å². The van der Waals surface area contributed by atoms with E-state index in [9.17, 15) is 34.2 Å². The molecule has 2 fully saturated rings. The van der Waals surface area contributed by atoms with Crippen LogP contribution in [0.3, 0.4) is 0 Å². The molecule has 0 aliphatic heterocycles. The third-order valence-electron chi connectivity index (χ3n) is 9.30. The molecule has 3 aliphatic rings. The Bertz CT molecular complexity index is 1560. The van der Waals surface area contributed by atoms with Crippen LogP contribution in [-0.2, 0) is 25.6 Å². The van der Waals surface area contributed by atoms with E-state index >= 15 is 0 Å². The van der Waals surface area contributed by atoms with Crippen LogP contribution in [0, 0.1) is 22.7 Å². The number of nitrogen functional groups attached to an aromatic ring is 1. The van der Waals surface area contributed by atoms with Gasteiger partial charge in [-0.2, -0.15) is 0 Å². The third kappa shape index (κ3) is 3.81. The number of aromatic hydroxyl groups is 1. The van der Waals surface area contributed by atoms with Gasteiger partial charge in [-0.25, -0.2) is 0 Å². The second kappa shape index (κ2) is 9.19. The van der Waals surface area contributed by atoms with Crippen molar-refractivity contribution in [1.29, 1.82) is 0 Å². The number of primary amides is 1. The predicted octanol–water partition coefficient (Wildman–Crippen LogP) is 1.40. The van der Waals surface area contributed by atoms with Gasteiger partial charge in [0.05, 0.1) is 17.5 Å². The van der Waals surface area contributed by atoms with Crippen molar-refractivity contribution in [2.45, 2.75) is 38.3 Å². The molecule has 6 atom stereocenters. The van der Waals surface area contributed by atoms with Gasteiger partial charge in [-0.3, -0.25) is 28.9 Å². The van der Waals surface area contributed by atoms with Gasteiger partial charge in [0.15, 0.2) is 34.7 Å². The molecule has 0 heterocycles. The summed E-state index contributed by atoms with van der Waals surface area (Å²) in [5.41, 5.74) is 8.14. The second-order valence-corrected chi connectivity index (χ2v) is 12.3. The van der Waals surface area contributed by atoms with E-state index in [1.165, 1.54) is 17.9 Å². The largest absolute Gasteiger partial charge is 0.507 e. The fourth-order valence-electron chi connectivity index (χ4n) is 7.69. The molecular formula is C31H33N3O7. The van der Waals surface area contributed by atoms with E-state index < -0.39 is 63.3 Å². The van der Waals surface area contributed by atoms with Gasteiger partial charge in [0.2, 0.25) is 5.91 Å². The highest BCUT2D eigenvalue weighted by Gasteiger charge is 2.76. The van der Waals surface area contributed by atoms with Gasteiger partial charge in [0.25, 0.3) is 0 Å². The standard InChI is InChI=1S/C31H33N3O7/c1-29-13-18-16(8-5-15-6-10-17(32)11-7-15)9-12-19(35)20(18)23(36)22(29)27(39)31(41)26(38)21(28(33)40)24(37)25(34(3)4)30(31,2)14-29/h5-12,21-22,25,35,41H,13-14,32H2,1-4H3,(H2,33,40)/b8-5+/t21?,22?,25-,29+,30+,31-/m1/s1. The monoisotopic (exact) mass is 559 g/mol. The summed E-state index contributed by atoms with van der Waals surface area (Å²) in [5.74, 6) is -9.01. The van der Waals surface area contributed by atoms with E-state index in [0.29, 0.717) is 16.8 Å². The summed E-state index contributed by atoms with van der Waals surface area (Å²) in [6, 6.07) is 9.01. The minimum Gasteiger partial charge on any atom is -0.507 e.